The van der Waals surface area contributed by atoms with Gasteiger partial charge in [0.1, 0.15) is 18.2 Å². The van der Waals surface area contributed by atoms with E-state index in [-0.39, 0.29) is 0 Å². The molecule has 0 saturated carbocycles. The fraction of sp³-hybridized carbons (Fsp3) is 0.692. The fourth-order valence-electron chi connectivity index (χ4n) is 1.51. The van der Waals surface area contributed by atoms with Crippen molar-refractivity contribution in [1.29, 1.82) is 0 Å². The molecule has 1 heterocycles. The lowest BCUT2D eigenvalue weighted by Gasteiger charge is -2.09. The first-order valence-corrected chi connectivity index (χ1v) is 6.85. The lowest BCUT2D eigenvalue weighted by molar-refractivity contribution is 0.0964. The standard InChI is InChI=1S/C13H24N4O2/c1-3-5-7-18-8-9-19-13-10-12(17-14)15-11(16-13)6-4-2/h10H,3-9,14H2,1-2H3,(H,15,16,17). The minimum atomic E-state index is 0.482. The van der Waals surface area contributed by atoms with Gasteiger partial charge in [-0.05, 0) is 12.8 Å². The molecule has 6 heteroatoms. The van der Waals surface area contributed by atoms with Crippen LogP contribution in [-0.2, 0) is 11.2 Å². The van der Waals surface area contributed by atoms with Crippen molar-refractivity contribution in [1.82, 2.24) is 9.97 Å². The van der Waals surface area contributed by atoms with E-state index in [1.807, 2.05) is 0 Å². The number of unbranched alkanes of at least 4 members (excludes halogenated alkanes) is 1. The average molecular weight is 268 g/mol. The molecule has 0 fully saturated rings. The van der Waals surface area contributed by atoms with Crippen LogP contribution in [0, 0.1) is 0 Å². The molecule has 1 aromatic heterocycles. The van der Waals surface area contributed by atoms with Crippen molar-refractivity contribution in [2.24, 2.45) is 5.84 Å². The monoisotopic (exact) mass is 268 g/mol. The van der Waals surface area contributed by atoms with Gasteiger partial charge in [0.05, 0.1) is 6.61 Å². The van der Waals surface area contributed by atoms with Gasteiger partial charge in [-0.3, -0.25) is 0 Å². The van der Waals surface area contributed by atoms with Gasteiger partial charge in [0.2, 0.25) is 5.88 Å². The number of aryl methyl sites for hydroxylation is 1. The number of hydrogen-bond donors (Lipinski definition) is 2. The predicted molar refractivity (Wildman–Crippen MR) is 75.1 cm³/mol. The van der Waals surface area contributed by atoms with Gasteiger partial charge in [0, 0.05) is 19.1 Å². The Labute approximate surface area is 114 Å². The van der Waals surface area contributed by atoms with Crippen LogP contribution in [0.4, 0.5) is 5.82 Å². The normalized spacial score (nSPS) is 10.5. The van der Waals surface area contributed by atoms with E-state index in [4.69, 9.17) is 15.3 Å². The van der Waals surface area contributed by atoms with Crippen LogP contribution < -0.4 is 16.0 Å². The van der Waals surface area contributed by atoms with Crippen molar-refractivity contribution >= 4 is 5.82 Å². The number of anilines is 1. The largest absolute Gasteiger partial charge is 0.475 e. The lowest BCUT2D eigenvalue weighted by Crippen LogP contribution is -2.13. The van der Waals surface area contributed by atoms with E-state index in [9.17, 15) is 0 Å². The summed E-state index contributed by atoms with van der Waals surface area (Å²) in [6, 6.07) is 1.69. The Morgan fingerprint density at radius 3 is 2.68 bits per heavy atom. The number of nitrogens with one attached hydrogen (secondary N) is 1. The molecule has 0 aliphatic rings. The van der Waals surface area contributed by atoms with Crippen LogP contribution in [0.15, 0.2) is 6.07 Å². The van der Waals surface area contributed by atoms with Crippen molar-refractivity contribution in [2.75, 3.05) is 25.2 Å². The molecule has 0 radical (unpaired) electrons. The van der Waals surface area contributed by atoms with Crippen molar-refractivity contribution in [2.45, 2.75) is 39.5 Å². The molecule has 1 aromatic rings. The molecule has 0 bridgehead atoms. The molecule has 6 nitrogen and oxygen atoms in total. The van der Waals surface area contributed by atoms with Gasteiger partial charge in [0.25, 0.3) is 0 Å². The number of nitrogens with zero attached hydrogens (tertiary/aromatic N) is 2. The highest BCUT2D eigenvalue weighted by atomic mass is 16.5. The highest BCUT2D eigenvalue weighted by molar-refractivity contribution is 5.36. The third-order valence-corrected chi connectivity index (χ3v) is 2.49. The summed E-state index contributed by atoms with van der Waals surface area (Å²) in [5.74, 6) is 7.21. The molecular formula is C13H24N4O2. The highest BCUT2D eigenvalue weighted by Gasteiger charge is 2.04. The van der Waals surface area contributed by atoms with E-state index in [2.05, 4.69) is 29.2 Å². The molecule has 0 atom stereocenters. The van der Waals surface area contributed by atoms with Gasteiger partial charge in [-0.1, -0.05) is 20.3 Å². The zero-order valence-corrected chi connectivity index (χ0v) is 11.8. The van der Waals surface area contributed by atoms with Gasteiger partial charge in [-0.2, -0.15) is 4.98 Å². The number of nitrogen functional groups attached to an aromatic ring is 1. The molecule has 3 N–H and O–H groups in total. The van der Waals surface area contributed by atoms with E-state index in [0.29, 0.717) is 24.9 Å². The van der Waals surface area contributed by atoms with Crippen LogP contribution in [0.3, 0.4) is 0 Å². The Hall–Kier alpha value is -1.40. The van der Waals surface area contributed by atoms with Crippen LogP contribution in [0.1, 0.15) is 38.9 Å². The van der Waals surface area contributed by atoms with Gasteiger partial charge in [-0.25, -0.2) is 10.8 Å². The van der Waals surface area contributed by atoms with E-state index < -0.39 is 0 Å². The van der Waals surface area contributed by atoms with E-state index >= 15 is 0 Å². The summed E-state index contributed by atoms with van der Waals surface area (Å²) in [4.78, 5) is 8.57. The Morgan fingerprint density at radius 1 is 1.16 bits per heavy atom. The topological polar surface area (TPSA) is 82.3 Å². The van der Waals surface area contributed by atoms with Gasteiger partial charge < -0.3 is 14.9 Å². The first kappa shape index (κ1) is 15.7. The maximum absolute atomic E-state index is 5.54. The predicted octanol–water partition coefficient (Wildman–Crippen LogP) is 1.91. The molecule has 0 unspecified atom stereocenters. The zero-order valence-electron chi connectivity index (χ0n) is 11.8. The molecule has 0 aromatic carbocycles. The second kappa shape index (κ2) is 9.52. The number of ether oxygens (including phenoxy) is 2. The first-order valence-electron chi connectivity index (χ1n) is 6.85. The zero-order chi connectivity index (χ0) is 13.9. The molecule has 19 heavy (non-hydrogen) atoms. The fourth-order valence-corrected chi connectivity index (χ4v) is 1.51. The molecule has 108 valence electrons. The summed E-state index contributed by atoms with van der Waals surface area (Å²) in [6.07, 6.45) is 4.00. The second-order valence-corrected chi connectivity index (χ2v) is 4.22. The Balaban J connectivity index is 2.41. The van der Waals surface area contributed by atoms with Gasteiger partial charge in [0.15, 0.2) is 0 Å². The molecule has 0 aliphatic carbocycles. The summed E-state index contributed by atoms with van der Waals surface area (Å²) in [6.45, 7) is 6.04. The van der Waals surface area contributed by atoms with Crippen LogP contribution in [0.5, 0.6) is 5.88 Å². The maximum Gasteiger partial charge on any atom is 0.218 e. The van der Waals surface area contributed by atoms with Crippen LogP contribution in [0.2, 0.25) is 0 Å². The molecular weight excluding hydrogens is 244 g/mol. The van der Waals surface area contributed by atoms with E-state index in [0.717, 1.165) is 38.1 Å². The molecule has 0 amide bonds. The Bertz CT molecular complexity index is 360. The van der Waals surface area contributed by atoms with Gasteiger partial charge >= 0.3 is 0 Å². The molecule has 0 aliphatic heterocycles. The number of nitrogens with two attached hydrogens (primary N) is 1. The summed E-state index contributed by atoms with van der Waals surface area (Å²) in [5.41, 5.74) is 2.52. The van der Waals surface area contributed by atoms with Gasteiger partial charge in [-0.15, -0.1) is 0 Å². The minimum Gasteiger partial charge on any atom is -0.475 e. The van der Waals surface area contributed by atoms with E-state index in [1.165, 1.54) is 0 Å². The lowest BCUT2D eigenvalue weighted by atomic mass is 10.3. The Morgan fingerprint density at radius 2 is 2.00 bits per heavy atom. The third kappa shape index (κ3) is 6.35. The maximum atomic E-state index is 5.54. The molecule has 0 spiro atoms. The van der Waals surface area contributed by atoms with Crippen molar-refractivity contribution < 1.29 is 9.47 Å². The number of aromatic nitrogens is 2. The summed E-state index contributed by atoms with van der Waals surface area (Å²) >= 11 is 0. The smallest absolute Gasteiger partial charge is 0.218 e. The van der Waals surface area contributed by atoms with E-state index in [1.54, 1.807) is 6.07 Å². The van der Waals surface area contributed by atoms with Crippen LogP contribution in [-0.4, -0.2) is 29.8 Å². The summed E-state index contributed by atoms with van der Waals surface area (Å²) < 4.78 is 11.0. The Kier molecular flexibility index (Phi) is 7.84. The highest BCUT2D eigenvalue weighted by Crippen LogP contribution is 2.13. The molecule has 1 rings (SSSR count). The summed E-state index contributed by atoms with van der Waals surface area (Å²) in [7, 11) is 0. The second-order valence-electron chi connectivity index (χ2n) is 4.22. The minimum absolute atomic E-state index is 0.482. The third-order valence-electron chi connectivity index (χ3n) is 2.49. The van der Waals surface area contributed by atoms with Crippen molar-refractivity contribution in [3.63, 3.8) is 0 Å². The number of hydrazine groups is 1. The van der Waals surface area contributed by atoms with Crippen molar-refractivity contribution in [3.8, 4) is 5.88 Å². The quantitative estimate of drug-likeness (QED) is 0.383. The molecule has 0 saturated heterocycles. The SMILES string of the molecule is CCCCOCCOc1cc(NN)nc(CCC)n1. The van der Waals surface area contributed by atoms with Crippen molar-refractivity contribution in [3.05, 3.63) is 11.9 Å². The van der Waals surface area contributed by atoms with Crippen LogP contribution >= 0.6 is 0 Å². The van der Waals surface area contributed by atoms with Crippen LogP contribution in [0.25, 0.3) is 0 Å². The number of hydrogen-bond acceptors (Lipinski definition) is 6. The first-order chi connectivity index (χ1) is 9.30. The number of rotatable bonds is 10. The summed E-state index contributed by atoms with van der Waals surface area (Å²) in [5, 5.41) is 0. The average Bonchev–Trinajstić information content (AvgIpc) is 2.43.